The van der Waals surface area contributed by atoms with Crippen molar-refractivity contribution in [3.63, 3.8) is 0 Å². The predicted molar refractivity (Wildman–Crippen MR) is 162 cm³/mol. The fourth-order valence-corrected chi connectivity index (χ4v) is 4.52. The standard InChI is InChI=1S/C37H25NO/c1-2-9-25(10-3-1)26-17-19-29(20-18-26)38(30-21-22-32-28(24-30)23-27-11-4-5-12-31(27)32)34-14-8-16-36-37(34)33-13-6-7-15-35(33)39-36/h1-22,24H,23H2/i1D,2D,3D,4D,5D,6D,7D,8D,9D,10D,11D,12D,13D,14D,15D,16D,17D,18D,19D,20D,21D,22D,24D. The van der Waals surface area contributed by atoms with E-state index < -0.39 is 196 Å². The van der Waals surface area contributed by atoms with E-state index in [0.717, 1.165) is 0 Å². The summed E-state index contributed by atoms with van der Waals surface area (Å²) in [6.07, 6.45) is -0.419. The molecule has 0 radical (unpaired) electrons. The van der Waals surface area contributed by atoms with Crippen molar-refractivity contribution in [2.45, 2.75) is 6.42 Å². The Morgan fingerprint density at radius 3 is 2.13 bits per heavy atom. The van der Waals surface area contributed by atoms with Gasteiger partial charge < -0.3 is 9.32 Å². The summed E-state index contributed by atoms with van der Waals surface area (Å²) in [5, 5.41) is -1.02. The molecular formula is C37H25NO. The molecule has 0 unspecified atom stereocenters. The third-order valence-corrected chi connectivity index (χ3v) is 6.21. The number of fused-ring (bicyclic) bond motifs is 6. The van der Waals surface area contributed by atoms with Crippen LogP contribution < -0.4 is 4.90 Å². The summed E-state index contributed by atoms with van der Waals surface area (Å²) < 4.78 is 208. The van der Waals surface area contributed by atoms with Crippen LogP contribution in [0.3, 0.4) is 0 Å². The molecule has 6 aromatic carbocycles. The summed E-state index contributed by atoms with van der Waals surface area (Å²) in [6.45, 7) is 0. The first kappa shape index (κ1) is 9.00. The van der Waals surface area contributed by atoms with Crippen LogP contribution >= 0.6 is 0 Å². The van der Waals surface area contributed by atoms with E-state index in [0.29, 0.717) is 4.90 Å². The zero-order valence-corrected chi connectivity index (χ0v) is 19.6. The van der Waals surface area contributed by atoms with Crippen LogP contribution in [0.4, 0.5) is 17.1 Å². The van der Waals surface area contributed by atoms with Gasteiger partial charge in [0.25, 0.3) is 0 Å². The quantitative estimate of drug-likeness (QED) is 0.229. The lowest BCUT2D eigenvalue weighted by atomic mass is 10.0. The van der Waals surface area contributed by atoms with Crippen LogP contribution in [-0.2, 0) is 6.42 Å². The molecular weight excluding hydrogens is 474 g/mol. The molecule has 0 spiro atoms. The highest BCUT2D eigenvalue weighted by Crippen LogP contribution is 2.45. The average molecular weight is 523 g/mol. The third-order valence-electron chi connectivity index (χ3n) is 6.21. The van der Waals surface area contributed by atoms with E-state index >= 15 is 0 Å². The molecule has 1 aliphatic carbocycles. The highest BCUT2D eigenvalue weighted by Gasteiger charge is 2.23. The van der Waals surface area contributed by atoms with Crippen LogP contribution in [0, 0.1) is 0 Å². The van der Waals surface area contributed by atoms with Gasteiger partial charge in [-0.25, -0.2) is 0 Å². The summed E-state index contributed by atoms with van der Waals surface area (Å²) in [5.41, 5.74) is -5.73. The molecule has 7 aromatic rings. The van der Waals surface area contributed by atoms with Gasteiger partial charge in [0, 0.05) is 16.8 Å². The van der Waals surface area contributed by atoms with Gasteiger partial charge in [-0.05, 0) is 82.1 Å². The van der Waals surface area contributed by atoms with Gasteiger partial charge in [-0.3, -0.25) is 0 Å². The second-order valence-electron chi connectivity index (χ2n) is 8.40. The summed E-state index contributed by atoms with van der Waals surface area (Å²) >= 11 is 0. The van der Waals surface area contributed by atoms with Crippen molar-refractivity contribution in [2.75, 3.05) is 4.90 Å². The number of hydrogen-bond acceptors (Lipinski definition) is 2. The molecule has 184 valence electrons. The molecule has 39 heavy (non-hydrogen) atoms. The molecule has 0 fully saturated rings. The smallest absolute Gasteiger partial charge is 0.137 e. The van der Waals surface area contributed by atoms with Gasteiger partial charge in [0.15, 0.2) is 0 Å². The molecule has 0 aliphatic heterocycles. The van der Waals surface area contributed by atoms with Gasteiger partial charge in [0.1, 0.15) is 11.2 Å². The monoisotopic (exact) mass is 522 g/mol. The predicted octanol–water partition coefficient (Wildman–Crippen LogP) is 10.3. The zero-order chi connectivity index (χ0) is 45.8. The number of rotatable bonds is 4. The fourth-order valence-electron chi connectivity index (χ4n) is 4.52. The SMILES string of the molecule is [2H]c1c([2H])c([2H])c(-c2c([2H])c([2H])c(N(c3c([2H])c([2H])c4c(c3[2H])Cc3c([2H])c([2H])c([2H])c([2H])c3-4)c3c([2H])c([2H])c([2H])c4oc5c([2H])c([2H])c([2H])c([2H])c5c34)c([2H])c2[2H])c([2H])c1[2H]. The lowest BCUT2D eigenvalue weighted by molar-refractivity contribution is 0.669. The second kappa shape index (κ2) is 8.75. The Balaban J connectivity index is 1.60. The van der Waals surface area contributed by atoms with Crippen LogP contribution in [0.25, 0.3) is 44.2 Å². The molecule has 1 aliphatic rings. The Morgan fingerprint density at radius 1 is 0.538 bits per heavy atom. The van der Waals surface area contributed by atoms with Gasteiger partial charge in [-0.2, -0.15) is 0 Å². The minimum absolute atomic E-state index is 0.0317. The Morgan fingerprint density at radius 2 is 1.23 bits per heavy atom. The van der Waals surface area contributed by atoms with E-state index in [1.165, 1.54) is 0 Å². The third kappa shape index (κ3) is 3.57. The molecule has 0 saturated carbocycles. The van der Waals surface area contributed by atoms with Crippen molar-refractivity contribution in [2.24, 2.45) is 0 Å². The van der Waals surface area contributed by atoms with Gasteiger partial charge >= 0.3 is 0 Å². The fraction of sp³-hybridized carbons (Fsp3) is 0.0270. The lowest BCUT2D eigenvalue weighted by Crippen LogP contribution is -2.10. The molecule has 2 heteroatoms. The van der Waals surface area contributed by atoms with Crippen molar-refractivity contribution in [1.29, 1.82) is 0 Å². The number of nitrogens with zero attached hydrogens (tertiary/aromatic N) is 1. The van der Waals surface area contributed by atoms with E-state index in [2.05, 4.69) is 0 Å². The van der Waals surface area contributed by atoms with Crippen LogP contribution in [-0.4, -0.2) is 0 Å². The maximum absolute atomic E-state index is 9.63. The van der Waals surface area contributed by atoms with Gasteiger partial charge in [0.05, 0.1) is 42.6 Å². The number of furan rings is 1. The Bertz CT molecular complexity index is 3210. The molecule has 0 atom stereocenters. The topological polar surface area (TPSA) is 16.4 Å². The van der Waals surface area contributed by atoms with E-state index in [4.69, 9.17) is 25.0 Å². The van der Waals surface area contributed by atoms with Crippen LogP contribution in [0.1, 0.15) is 42.7 Å². The molecule has 1 aromatic heterocycles. The maximum Gasteiger partial charge on any atom is 0.137 e. The maximum atomic E-state index is 9.63. The summed E-state index contributed by atoms with van der Waals surface area (Å²) in [6, 6.07) is -19.1. The number of hydrogen-bond donors (Lipinski definition) is 0. The molecule has 0 saturated heterocycles. The highest BCUT2D eigenvalue weighted by molar-refractivity contribution is 6.13. The van der Waals surface area contributed by atoms with Crippen LogP contribution in [0.5, 0.6) is 0 Å². The second-order valence-corrected chi connectivity index (χ2v) is 8.40. The molecule has 2 nitrogen and oxygen atoms in total. The minimum Gasteiger partial charge on any atom is -0.456 e. The first-order valence-electron chi connectivity index (χ1n) is 23.0. The molecule has 0 amide bonds. The first-order chi connectivity index (χ1) is 28.9. The zero-order valence-electron chi connectivity index (χ0n) is 42.6. The van der Waals surface area contributed by atoms with Crippen molar-refractivity contribution in [3.05, 3.63) is 150 Å². The van der Waals surface area contributed by atoms with Crippen LogP contribution in [0.15, 0.2) is 143 Å². The first-order valence-corrected chi connectivity index (χ1v) is 11.5. The molecule has 1 heterocycles. The van der Waals surface area contributed by atoms with Crippen molar-refractivity contribution in [1.82, 2.24) is 0 Å². The average Bonchev–Trinajstić information content (AvgIpc) is 3.85. The lowest BCUT2D eigenvalue weighted by Gasteiger charge is -2.27. The molecule has 0 bridgehead atoms. The normalized spacial score (nSPS) is 20.3. The van der Waals surface area contributed by atoms with Crippen molar-refractivity contribution < 1.29 is 35.9 Å². The van der Waals surface area contributed by atoms with Crippen molar-refractivity contribution in [3.8, 4) is 22.3 Å². The highest BCUT2D eigenvalue weighted by atomic mass is 16.3. The van der Waals surface area contributed by atoms with Crippen LogP contribution in [0.2, 0.25) is 0 Å². The van der Waals surface area contributed by atoms with E-state index in [1.807, 2.05) is 0 Å². The van der Waals surface area contributed by atoms with Crippen molar-refractivity contribution >= 4 is 39.0 Å². The summed E-state index contributed by atoms with van der Waals surface area (Å²) in [7, 11) is 0. The number of benzene rings is 6. The van der Waals surface area contributed by atoms with Gasteiger partial charge in [-0.1, -0.05) is 96.7 Å². The van der Waals surface area contributed by atoms with E-state index in [9.17, 15) is 11.0 Å². The Kier molecular flexibility index (Phi) is 2.02. The van der Waals surface area contributed by atoms with E-state index in [-0.39, 0.29) is 22.3 Å². The van der Waals surface area contributed by atoms with Gasteiger partial charge in [-0.15, -0.1) is 0 Å². The molecule has 8 rings (SSSR count). The van der Waals surface area contributed by atoms with E-state index in [1.54, 1.807) is 0 Å². The molecule has 0 N–H and O–H groups in total. The Hall–Kier alpha value is -5.08. The van der Waals surface area contributed by atoms with Gasteiger partial charge in [0.2, 0.25) is 0 Å². The summed E-state index contributed by atoms with van der Waals surface area (Å²) in [4.78, 5) is 0.631. The number of anilines is 3. The Labute approximate surface area is 259 Å². The minimum atomic E-state index is -1.08. The number of para-hydroxylation sites is 1. The largest absolute Gasteiger partial charge is 0.456 e. The summed E-state index contributed by atoms with van der Waals surface area (Å²) in [5.74, 6) is 0.